The van der Waals surface area contributed by atoms with Crippen LogP contribution in [-0.4, -0.2) is 43.9 Å². The molecule has 0 saturated heterocycles. The number of carbonyl (C=O) groups is 2. The summed E-state index contributed by atoms with van der Waals surface area (Å²) in [5.74, 6) is -0.498. The predicted molar refractivity (Wildman–Crippen MR) is 80.8 cm³/mol. The van der Waals surface area contributed by atoms with Crippen molar-refractivity contribution in [2.45, 2.75) is 12.8 Å². The van der Waals surface area contributed by atoms with Crippen molar-refractivity contribution in [2.24, 2.45) is 0 Å². The molecule has 0 atom stereocenters. The van der Waals surface area contributed by atoms with E-state index in [-0.39, 0.29) is 18.2 Å². The molecular weight excluding hydrogens is 268 g/mol. The maximum Gasteiger partial charge on any atom is 0.251 e. The maximum absolute atomic E-state index is 11.9. The van der Waals surface area contributed by atoms with Crippen LogP contribution in [0.15, 0.2) is 24.3 Å². The minimum absolute atomic E-state index is 0.136. The van der Waals surface area contributed by atoms with Crippen LogP contribution in [0.3, 0.4) is 0 Å². The van der Waals surface area contributed by atoms with Crippen LogP contribution in [0, 0.1) is 11.3 Å². The van der Waals surface area contributed by atoms with E-state index in [1.165, 1.54) is 0 Å². The Morgan fingerprint density at radius 2 is 1.90 bits per heavy atom. The SMILES string of the molecule is CN(C)CCCNC(=O)c1ccc(NC(=O)CC#N)cc1. The van der Waals surface area contributed by atoms with Gasteiger partial charge in [0.25, 0.3) is 5.91 Å². The first-order valence-corrected chi connectivity index (χ1v) is 6.72. The number of hydrogen-bond donors (Lipinski definition) is 2. The molecule has 0 radical (unpaired) electrons. The Morgan fingerprint density at radius 3 is 2.48 bits per heavy atom. The molecule has 0 fully saturated rings. The monoisotopic (exact) mass is 288 g/mol. The van der Waals surface area contributed by atoms with E-state index in [2.05, 4.69) is 15.5 Å². The Hall–Kier alpha value is -2.39. The molecule has 1 rings (SSSR count). The van der Waals surface area contributed by atoms with E-state index < -0.39 is 0 Å². The average Bonchev–Trinajstić information content (AvgIpc) is 2.44. The number of anilines is 1. The molecular formula is C15H20N4O2. The zero-order valence-electron chi connectivity index (χ0n) is 12.3. The summed E-state index contributed by atoms with van der Waals surface area (Å²) in [6.45, 7) is 1.54. The Labute approximate surface area is 124 Å². The fourth-order valence-electron chi connectivity index (χ4n) is 1.68. The molecule has 0 saturated carbocycles. The van der Waals surface area contributed by atoms with Crippen LogP contribution in [0.5, 0.6) is 0 Å². The standard InChI is InChI=1S/C15H20N4O2/c1-19(2)11-3-10-17-15(21)12-4-6-13(7-5-12)18-14(20)8-9-16/h4-7H,3,8,10-11H2,1-2H3,(H,17,21)(H,18,20). The highest BCUT2D eigenvalue weighted by Crippen LogP contribution is 2.09. The number of amides is 2. The number of nitrogens with zero attached hydrogens (tertiary/aromatic N) is 2. The van der Waals surface area contributed by atoms with Crippen LogP contribution in [0.2, 0.25) is 0 Å². The molecule has 2 N–H and O–H groups in total. The Kier molecular flexibility index (Phi) is 6.92. The average molecular weight is 288 g/mol. The lowest BCUT2D eigenvalue weighted by Crippen LogP contribution is -2.27. The predicted octanol–water partition coefficient (Wildman–Crippen LogP) is 1.22. The topological polar surface area (TPSA) is 85.2 Å². The second-order valence-electron chi connectivity index (χ2n) is 4.87. The molecule has 0 aliphatic carbocycles. The molecule has 0 heterocycles. The molecule has 0 bridgehead atoms. The maximum atomic E-state index is 11.9. The minimum Gasteiger partial charge on any atom is -0.352 e. The zero-order chi connectivity index (χ0) is 15.7. The molecule has 0 aliphatic heterocycles. The van der Waals surface area contributed by atoms with Crippen LogP contribution in [0.1, 0.15) is 23.2 Å². The molecule has 0 aromatic heterocycles. The van der Waals surface area contributed by atoms with Crippen molar-refractivity contribution in [1.29, 1.82) is 5.26 Å². The first kappa shape index (κ1) is 16.7. The molecule has 0 aliphatic rings. The molecule has 6 heteroatoms. The number of benzene rings is 1. The third kappa shape index (κ3) is 6.54. The highest BCUT2D eigenvalue weighted by molar-refractivity contribution is 5.96. The molecule has 2 amide bonds. The summed E-state index contributed by atoms with van der Waals surface area (Å²) in [7, 11) is 3.97. The summed E-state index contributed by atoms with van der Waals surface area (Å²) < 4.78 is 0. The van der Waals surface area contributed by atoms with Crippen LogP contribution in [0.25, 0.3) is 0 Å². The molecule has 0 unspecified atom stereocenters. The number of nitrogens with one attached hydrogen (secondary N) is 2. The van der Waals surface area contributed by atoms with E-state index in [0.717, 1.165) is 13.0 Å². The first-order chi connectivity index (χ1) is 10.0. The smallest absolute Gasteiger partial charge is 0.251 e. The van der Waals surface area contributed by atoms with Crippen LogP contribution in [-0.2, 0) is 4.79 Å². The molecule has 112 valence electrons. The van der Waals surface area contributed by atoms with Gasteiger partial charge in [0.05, 0.1) is 6.07 Å². The minimum atomic E-state index is -0.363. The summed E-state index contributed by atoms with van der Waals surface area (Å²) in [5.41, 5.74) is 1.11. The number of carbonyl (C=O) groups excluding carboxylic acids is 2. The lowest BCUT2D eigenvalue weighted by Gasteiger charge is -2.10. The van der Waals surface area contributed by atoms with Gasteiger partial charge in [-0.25, -0.2) is 0 Å². The summed E-state index contributed by atoms with van der Waals surface area (Å²) >= 11 is 0. The van der Waals surface area contributed by atoms with Crippen molar-refractivity contribution in [3.8, 4) is 6.07 Å². The van der Waals surface area contributed by atoms with E-state index in [4.69, 9.17) is 5.26 Å². The van der Waals surface area contributed by atoms with E-state index in [1.807, 2.05) is 14.1 Å². The first-order valence-electron chi connectivity index (χ1n) is 6.72. The van der Waals surface area contributed by atoms with E-state index in [9.17, 15) is 9.59 Å². The van der Waals surface area contributed by atoms with Gasteiger partial charge >= 0.3 is 0 Å². The summed E-state index contributed by atoms with van der Waals surface area (Å²) in [6, 6.07) is 8.34. The number of rotatable bonds is 7. The Bertz CT molecular complexity index is 517. The highest BCUT2D eigenvalue weighted by atomic mass is 16.2. The molecule has 0 spiro atoms. The molecule has 21 heavy (non-hydrogen) atoms. The van der Waals surface area contributed by atoms with Gasteiger partial charge in [0.15, 0.2) is 0 Å². The number of nitriles is 1. The summed E-state index contributed by atoms with van der Waals surface area (Å²) in [4.78, 5) is 25.2. The quantitative estimate of drug-likeness (QED) is 0.739. The van der Waals surface area contributed by atoms with Gasteiger partial charge in [0.2, 0.25) is 5.91 Å². The highest BCUT2D eigenvalue weighted by Gasteiger charge is 2.06. The normalized spacial score (nSPS) is 10.0. The van der Waals surface area contributed by atoms with Gasteiger partial charge in [0.1, 0.15) is 6.42 Å². The van der Waals surface area contributed by atoms with Crippen LogP contribution >= 0.6 is 0 Å². The van der Waals surface area contributed by atoms with Crippen LogP contribution < -0.4 is 10.6 Å². The molecule has 1 aromatic rings. The number of hydrogen-bond acceptors (Lipinski definition) is 4. The summed E-state index contributed by atoms with van der Waals surface area (Å²) in [6.07, 6.45) is 0.704. The fourth-order valence-corrected chi connectivity index (χ4v) is 1.68. The van der Waals surface area contributed by atoms with Gasteiger partial charge in [-0.05, 0) is 51.3 Å². The Balaban J connectivity index is 2.44. The van der Waals surface area contributed by atoms with Gasteiger partial charge < -0.3 is 15.5 Å². The van der Waals surface area contributed by atoms with Crippen molar-refractivity contribution in [2.75, 3.05) is 32.5 Å². The van der Waals surface area contributed by atoms with Crippen molar-refractivity contribution >= 4 is 17.5 Å². The van der Waals surface area contributed by atoms with Gasteiger partial charge in [0, 0.05) is 17.8 Å². The lowest BCUT2D eigenvalue weighted by molar-refractivity contribution is -0.115. The van der Waals surface area contributed by atoms with Crippen LogP contribution in [0.4, 0.5) is 5.69 Å². The van der Waals surface area contributed by atoms with Crippen molar-refractivity contribution in [1.82, 2.24) is 10.2 Å². The lowest BCUT2D eigenvalue weighted by atomic mass is 10.2. The summed E-state index contributed by atoms with van der Waals surface area (Å²) in [5, 5.41) is 13.8. The third-order valence-electron chi connectivity index (χ3n) is 2.74. The van der Waals surface area contributed by atoms with Crippen molar-refractivity contribution in [3.05, 3.63) is 29.8 Å². The van der Waals surface area contributed by atoms with Gasteiger partial charge in [-0.1, -0.05) is 0 Å². The van der Waals surface area contributed by atoms with Gasteiger partial charge in [-0.15, -0.1) is 0 Å². The largest absolute Gasteiger partial charge is 0.352 e. The molecule has 1 aromatic carbocycles. The van der Waals surface area contributed by atoms with E-state index in [0.29, 0.717) is 17.8 Å². The fraction of sp³-hybridized carbons (Fsp3) is 0.400. The van der Waals surface area contributed by atoms with Gasteiger partial charge in [-0.3, -0.25) is 9.59 Å². The van der Waals surface area contributed by atoms with Crippen molar-refractivity contribution < 1.29 is 9.59 Å². The van der Waals surface area contributed by atoms with Gasteiger partial charge in [-0.2, -0.15) is 5.26 Å². The Morgan fingerprint density at radius 1 is 1.24 bits per heavy atom. The second kappa shape index (κ2) is 8.72. The van der Waals surface area contributed by atoms with Crippen molar-refractivity contribution in [3.63, 3.8) is 0 Å². The molecule has 6 nitrogen and oxygen atoms in total. The van der Waals surface area contributed by atoms with E-state index >= 15 is 0 Å². The zero-order valence-corrected chi connectivity index (χ0v) is 12.3. The second-order valence-corrected chi connectivity index (χ2v) is 4.87. The third-order valence-corrected chi connectivity index (χ3v) is 2.74. The van der Waals surface area contributed by atoms with E-state index in [1.54, 1.807) is 30.3 Å².